The Kier molecular flexibility index (Phi) is 2.43. The topological polar surface area (TPSA) is 35.5 Å². The van der Waals surface area contributed by atoms with Gasteiger partial charge in [-0.1, -0.05) is 0 Å². The van der Waals surface area contributed by atoms with Crippen LogP contribution in [0, 0.1) is 0 Å². The first kappa shape index (κ1) is 7.08. The van der Waals surface area contributed by atoms with Gasteiger partial charge in [0, 0.05) is 6.66 Å². The Labute approximate surface area is 40.9 Å². The molecule has 0 aromatic heterocycles. The second kappa shape index (κ2) is 2.40. The normalized spacial score (nSPS) is 18.7. The Bertz CT molecular complexity index is 86.9. The van der Waals surface area contributed by atoms with Gasteiger partial charge in [0.2, 0.25) is 0 Å². The summed E-state index contributed by atoms with van der Waals surface area (Å²) in [6, 6.07) is 0. The van der Waals surface area contributed by atoms with Gasteiger partial charge in [0.05, 0.1) is 7.11 Å². The van der Waals surface area contributed by atoms with E-state index in [0.717, 1.165) is 13.8 Å². The van der Waals surface area contributed by atoms with Crippen LogP contribution in [0.15, 0.2) is 0 Å². The highest BCUT2D eigenvalue weighted by Crippen LogP contribution is 2.43. The van der Waals surface area contributed by atoms with Crippen LogP contribution < -0.4 is 0 Å². The summed E-state index contributed by atoms with van der Waals surface area (Å²) in [5.41, 5.74) is 0. The SMILES string of the molecule is COOP(C)(=O)F. The van der Waals surface area contributed by atoms with Crippen molar-refractivity contribution in [3.8, 4) is 0 Å². The highest BCUT2D eigenvalue weighted by molar-refractivity contribution is 7.52. The predicted molar refractivity (Wildman–Crippen MR) is 22.7 cm³/mol. The van der Waals surface area contributed by atoms with E-state index in [1.54, 1.807) is 0 Å². The van der Waals surface area contributed by atoms with E-state index in [-0.39, 0.29) is 0 Å². The van der Waals surface area contributed by atoms with Crippen LogP contribution in [0.1, 0.15) is 0 Å². The predicted octanol–water partition coefficient (Wildman–Crippen LogP) is 1.36. The number of rotatable bonds is 2. The summed E-state index contributed by atoms with van der Waals surface area (Å²) in [7, 11) is -2.79. The monoisotopic (exact) mass is 128 g/mol. The van der Waals surface area contributed by atoms with Gasteiger partial charge in [0.25, 0.3) is 0 Å². The van der Waals surface area contributed by atoms with Gasteiger partial charge >= 0.3 is 7.68 Å². The van der Waals surface area contributed by atoms with Gasteiger partial charge in [-0.25, -0.2) is 4.89 Å². The minimum atomic E-state index is -3.89. The molecule has 1 unspecified atom stereocenters. The molecule has 0 saturated carbocycles. The molecule has 5 heteroatoms. The van der Waals surface area contributed by atoms with E-state index in [1.807, 2.05) is 0 Å². The van der Waals surface area contributed by atoms with Crippen molar-refractivity contribution in [3.63, 3.8) is 0 Å². The van der Waals surface area contributed by atoms with Gasteiger partial charge in [0.1, 0.15) is 0 Å². The van der Waals surface area contributed by atoms with Crippen LogP contribution in [0.5, 0.6) is 0 Å². The maximum atomic E-state index is 11.6. The molecule has 0 radical (unpaired) electrons. The first-order valence-electron chi connectivity index (χ1n) is 1.56. The van der Waals surface area contributed by atoms with E-state index in [0.29, 0.717) is 0 Å². The molecule has 44 valence electrons. The van der Waals surface area contributed by atoms with Crippen LogP contribution in [0.25, 0.3) is 0 Å². The fourth-order valence-corrected chi connectivity index (χ4v) is 0.399. The lowest BCUT2D eigenvalue weighted by Crippen LogP contribution is -1.78. The summed E-state index contributed by atoms with van der Waals surface area (Å²) < 4.78 is 25.0. The van der Waals surface area contributed by atoms with Gasteiger partial charge in [-0.05, 0) is 0 Å². The molecule has 0 saturated heterocycles. The first-order chi connectivity index (χ1) is 3.06. The average Bonchev–Trinajstić information content (AvgIpc) is 1.30. The quantitative estimate of drug-likeness (QED) is 0.320. The van der Waals surface area contributed by atoms with Crippen LogP contribution in [-0.2, 0) is 14.1 Å². The Morgan fingerprint density at radius 3 is 2.14 bits per heavy atom. The van der Waals surface area contributed by atoms with Gasteiger partial charge in [0.15, 0.2) is 0 Å². The summed E-state index contributed by atoms with van der Waals surface area (Å²) in [6.07, 6.45) is 0. The highest BCUT2D eigenvalue weighted by atomic mass is 31.2. The van der Waals surface area contributed by atoms with Gasteiger partial charge in [-0.15, -0.1) is 4.67 Å². The van der Waals surface area contributed by atoms with Crippen LogP contribution in [0.4, 0.5) is 4.20 Å². The third-order valence-corrected chi connectivity index (χ3v) is 0.623. The van der Waals surface area contributed by atoms with Crippen LogP contribution in [0.2, 0.25) is 0 Å². The summed E-state index contributed by atoms with van der Waals surface area (Å²) in [5.74, 6) is 0. The largest absolute Gasteiger partial charge is 0.390 e. The molecule has 1 atom stereocenters. The lowest BCUT2D eigenvalue weighted by Gasteiger charge is -1.96. The molecule has 0 fully saturated rings. The van der Waals surface area contributed by atoms with Crippen molar-refractivity contribution in [1.82, 2.24) is 0 Å². The lowest BCUT2D eigenvalue weighted by atomic mass is 11.8. The van der Waals surface area contributed by atoms with Gasteiger partial charge in [-0.3, -0.25) is 4.57 Å². The number of halogens is 1. The molecule has 0 rings (SSSR count). The van der Waals surface area contributed by atoms with Crippen molar-refractivity contribution in [3.05, 3.63) is 0 Å². The smallest absolute Gasteiger partial charge is 0.253 e. The molecule has 0 aromatic carbocycles. The molecular formula is C2H6FO3P. The van der Waals surface area contributed by atoms with E-state index in [1.165, 1.54) is 0 Å². The Hall–Kier alpha value is 0.0800. The van der Waals surface area contributed by atoms with E-state index >= 15 is 0 Å². The zero-order chi connectivity index (χ0) is 5.91. The third-order valence-electron chi connectivity index (χ3n) is 0.208. The fraction of sp³-hybridized carbons (Fsp3) is 1.00. The standard InChI is InChI=1S/C2H6FO3P/c1-5-6-7(2,3)4/h1-2H3. The Morgan fingerprint density at radius 2 is 2.14 bits per heavy atom. The molecule has 0 N–H and O–H groups in total. The van der Waals surface area contributed by atoms with Crippen molar-refractivity contribution in [1.29, 1.82) is 0 Å². The van der Waals surface area contributed by atoms with Crippen molar-refractivity contribution in [2.24, 2.45) is 0 Å². The average molecular weight is 128 g/mol. The molecule has 0 aliphatic rings. The summed E-state index contributed by atoms with van der Waals surface area (Å²) in [6.45, 7) is 0.816. The minimum Gasteiger partial charge on any atom is -0.253 e. The van der Waals surface area contributed by atoms with Crippen LogP contribution in [0.3, 0.4) is 0 Å². The van der Waals surface area contributed by atoms with E-state index in [2.05, 4.69) is 9.56 Å². The molecule has 0 bridgehead atoms. The molecular weight excluding hydrogens is 122 g/mol. The van der Waals surface area contributed by atoms with Crippen molar-refractivity contribution in [2.75, 3.05) is 13.8 Å². The maximum absolute atomic E-state index is 11.6. The highest BCUT2D eigenvalue weighted by Gasteiger charge is 2.11. The summed E-state index contributed by atoms with van der Waals surface area (Å²) in [4.78, 5) is 3.77. The fourth-order valence-electron chi connectivity index (χ4n) is 0.133. The molecule has 0 aromatic rings. The van der Waals surface area contributed by atoms with Gasteiger partial charge in [-0.2, -0.15) is 4.20 Å². The van der Waals surface area contributed by atoms with Crippen molar-refractivity contribution < 1.29 is 18.3 Å². The molecule has 0 heterocycles. The van der Waals surface area contributed by atoms with E-state index in [4.69, 9.17) is 0 Å². The van der Waals surface area contributed by atoms with E-state index < -0.39 is 7.68 Å². The van der Waals surface area contributed by atoms with Crippen molar-refractivity contribution in [2.45, 2.75) is 0 Å². The molecule has 0 aliphatic heterocycles. The van der Waals surface area contributed by atoms with E-state index in [9.17, 15) is 8.76 Å². The zero-order valence-electron chi connectivity index (χ0n) is 4.05. The summed E-state index contributed by atoms with van der Waals surface area (Å²) in [5, 5.41) is 0. The maximum Gasteiger partial charge on any atom is 0.390 e. The number of hydrogen-bond acceptors (Lipinski definition) is 3. The molecule has 0 spiro atoms. The minimum absolute atomic E-state index is 0.816. The molecule has 0 aliphatic carbocycles. The van der Waals surface area contributed by atoms with Gasteiger partial charge < -0.3 is 0 Å². The number of hydrogen-bond donors (Lipinski definition) is 0. The molecule has 0 amide bonds. The van der Waals surface area contributed by atoms with Crippen LogP contribution in [-0.4, -0.2) is 13.8 Å². The molecule has 3 nitrogen and oxygen atoms in total. The van der Waals surface area contributed by atoms with Crippen molar-refractivity contribution >= 4 is 7.68 Å². The zero-order valence-corrected chi connectivity index (χ0v) is 4.94. The molecule has 7 heavy (non-hydrogen) atoms. The second-order valence-corrected chi connectivity index (χ2v) is 2.63. The Balaban J connectivity index is 3.36. The lowest BCUT2D eigenvalue weighted by molar-refractivity contribution is -0.180. The van der Waals surface area contributed by atoms with Crippen LogP contribution >= 0.6 is 7.68 Å². The second-order valence-electron chi connectivity index (χ2n) is 0.988. The third kappa shape index (κ3) is 6.08. The Morgan fingerprint density at radius 1 is 1.71 bits per heavy atom. The first-order valence-corrected chi connectivity index (χ1v) is 3.52. The summed E-state index contributed by atoms with van der Waals surface area (Å²) >= 11 is 0.